The Bertz CT molecular complexity index is 2090. The van der Waals surface area contributed by atoms with Gasteiger partial charge in [0.25, 0.3) is 0 Å². The predicted molar refractivity (Wildman–Crippen MR) is 197 cm³/mol. The van der Waals surface area contributed by atoms with Crippen LogP contribution in [0.1, 0.15) is 66.3 Å². The number of hydrogen-bond donors (Lipinski definition) is 0. The fourth-order valence-electron chi connectivity index (χ4n) is 4.79. The SMILES string of the molecule is C=CCC(=O)OCCCCOc1ccc(C(=O)Oc2ccc(C(=O)Oc3ccc(OC(=O)c4ccc(OC(=O)c5ccccc5)cc4)cc3C)cc2)cc1. The molecule has 0 atom stereocenters. The van der Waals surface area contributed by atoms with Gasteiger partial charge >= 0.3 is 29.8 Å². The second-order valence-electron chi connectivity index (χ2n) is 11.7. The highest BCUT2D eigenvalue weighted by molar-refractivity contribution is 5.94. The van der Waals surface area contributed by atoms with Gasteiger partial charge in [-0.15, -0.1) is 6.58 Å². The van der Waals surface area contributed by atoms with E-state index in [-0.39, 0.29) is 46.5 Å². The normalized spacial score (nSPS) is 10.4. The first-order chi connectivity index (χ1) is 26.2. The molecule has 11 nitrogen and oxygen atoms in total. The molecule has 0 fully saturated rings. The summed E-state index contributed by atoms with van der Waals surface area (Å²) < 4.78 is 32.6. The van der Waals surface area contributed by atoms with Gasteiger partial charge in [-0.25, -0.2) is 19.2 Å². The molecule has 54 heavy (non-hydrogen) atoms. The molecule has 0 saturated carbocycles. The van der Waals surface area contributed by atoms with E-state index in [2.05, 4.69) is 6.58 Å². The lowest BCUT2D eigenvalue weighted by Gasteiger charge is -2.11. The molecule has 0 saturated heterocycles. The van der Waals surface area contributed by atoms with Crippen LogP contribution in [0.15, 0.2) is 134 Å². The molecular formula is C43H36O11. The van der Waals surface area contributed by atoms with Crippen LogP contribution in [-0.2, 0) is 9.53 Å². The Balaban J connectivity index is 1.06. The van der Waals surface area contributed by atoms with Crippen molar-refractivity contribution < 1.29 is 52.4 Å². The average Bonchev–Trinajstić information content (AvgIpc) is 3.18. The van der Waals surface area contributed by atoms with Crippen LogP contribution < -0.4 is 23.7 Å². The second-order valence-corrected chi connectivity index (χ2v) is 11.7. The molecule has 0 amide bonds. The zero-order chi connectivity index (χ0) is 38.3. The maximum atomic E-state index is 12.9. The van der Waals surface area contributed by atoms with E-state index in [1.54, 1.807) is 67.6 Å². The molecular weight excluding hydrogens is 692 g/mol. The number of unbranched alkanes of at least 4 members (excludes halogenated alkanes) is 1. The van der Waals surface area contributed by atoms with Crippen LogP contribution >= 0.6 is 0 Å². The minimum Gasteiger partial charge on any atom is -0.494 e. The predicted octanol–water partition coefficient (Wildman–Crippen LogP) is 8.15. The van der Waals surface area contributed by atoms with E-state index in [1.807, 2.05) is 0 Å². The van der Waals surface area contributed by atoms with E-state index in [4.69, 9.17) is 28.4 Å². The summed E-state index contributed by atoms with van der Waals surface area (Å²) in [6.45, 7) is 5.93. The molecule has 0 aromatic heterocycles. The van der Waals surface area contributed by atoms with Crippen molar-refractivity contribution in [3.8, 4) is 28.7 Å². The monoisotopic (exact) mass is 728 g/mol. The molecule has 0 bridgehead atoms. The van der Waals surface area contributed by atoms with E-state index in [0.717, 1.165) is 0 Å². The van der Waals surface area contributed by atoms with Crippen LogP contribution in [0, 0.1) is 6.92 Å². The van der Waals surface area contributed by atoms with Gasteiger partial charge in [0.15, 0.2) is 0 Å². The Hall–Kier alpha value is -7.01. The Morgan fingerprint density at radius 2 is 0.963 bits per heavy atom. The van der Waals surface area contributed by atoms with Crippen LogP contribution in [0.5, 0.6) is 28.7 Å². The molecule has 0 heterocycles. The smallest absolute Gasteiger partial charge is 0.343 e. The van der Waals surface area contributed by atoms with E-state index >= 15 is 0 Å². The van der Waals surface area contributed by atoms with Crippen molar-refractivity contribution in [3.63, 3.8) is 0 Å². The first-order valence-corrected chi connectivity index (χ1v) is 16.9. The molecule has 5 rings (SSSR count). The van der Waals surface area contributed by atoms with Crippen LogP contribution in [0.25, 0.3) is 0 Å². The fraction of sp³-hybridized carbons (Fsp3) is 0.140. The number of rotatable bonds is 16. The van der Waals surface area contributed by atoms with Crippen LogP contribution in [0.4, 0.5) is 0 Å². The van der Waals surface area contributed by atoms with Crippen LogP contribution in [0.3, 0.4) is 0 Å². The highest BCUT2D eigenvalue weighted by Crippen LogP contribution is 2.26. The molecule has 0 aliphatic rings. The van der Waals surface area contributed by atoms with Gasteiger partial charge in [0, 0.05) is 0 Å². The molecule has 5 aromatic carbocycles. The van der Waals surface area contributed by atoms with E-state index in [1.165, 1.54) is 66.7 Å². The zero-order valence-corrected chi connectivity index (χ0v) is 29.4. The van der Waals surface area contributed by atoms with Crippen LogP contribution in [-0.4, -0.2) is 43.1 Å². The summed E-state index contributed by atoms with van der Waals surface area (Å²) in [7, 11) is 0. The third-order valence-electron chi connectivity index (χ3n) is 7.64. The third kappa shape index (κ3) is 11.2. The largest absolute Gasteiger partial charge is 0.494 e. The molecule has 0 spiro atoms. The lowest BCUT2D eigenvalue weighted by atomic mass is 10.2. The summed E-state index contributed by atoms with van der Waals surface area (Å²) in [5.41, 5.74) is 1.72. The third-order valence-corrected chi connectivity index (χ3v) is 7.64. The van der Waals surface area contributed by atoms with E-state index in [0.29, 0.717) is 48.5 Å². The number of esters is 5. The fourth-order valence-corrected chi connectivity index (χ4v) is 4.79. The first-order valence-electron chi connectivity index (χ1n) is 16.9. The number of hydrogen-bond acceptors (Lipinski definition) is 11. The Morgan fingerprint density at radius 3 is 1.48 bits per heavy atom. The molecule has 0 unspecified atom stereocenters. The van der Waals surface area contributed by atoms with Gasteiger partial charge < -0.3 is 28.4 Å². The number of benzene rings is 5. The molecule has 0 radical (unpaired) electrons. The number of ether oxygens (including phenoxy) is 6. The van der Waals surface area contributed by atoms with Crippen molar-refractivity contribution in [2.45, 2.75) is 26.2 Å². The van der Waals surface area contributed by atoms with Crippen molar-refractivity contribution in [2.24, 2.45) is 0 Å². The molecule has 5 aromatic rings. The van der Waals surface area contributed by atoms with E-state index in [9.17, 15) is 24.0 Å². The summed E-state index contributed by atoms with van der Waals surface area (Å²) in [6, 6.07) is 31.5. The quantitative estimate of drug-likeness (QED) is 0.0421. The Morgan fingerprint density at radius 1 is 0.519 bits per heavy atom. The summed E-state index contributed by atoms with van der Waals surface area (Å²) in [6.07, 6.45) is 3.03. The number of aryl methyl sites for hydroxylation is 1. The molecule has 11 heteroatoms. The Labute approximate surface area is 311 Å². The summed E-state index contributed by atoms with van der Waals surface area (Å²) >= 11 is 0. The highest BCUT2D eigenvalue weighted by atomic mass is 16.6. The maximum absolute atomic E-state index is 12.9. The molecule has 274 valence electrons. The average molecular weight is 729 g/mol. The van der Waals surface area contributed by atoms with Crippen molar-refractivity contribution >= 4 is 29.8 Å². The van der Waals surface area contributed by atoms with Gasteiger partial charge in [-0.1, -0.05) is 24.3 Å². The highest BCUT2D eigenvalue weighted by Gasteiger charge is 2.16. The second kappa shape index (κ2) is 19.0. The molecule has 0 aliphatic heterocycles. The van der Waals surface area contributed by atoms with Crippen LogP contribution in [0.2, 0.25) is 0 Å². The first kappa shape index (κ1) is 38.2. The maximum Gasteiger partial charge on any atom is 0.343 e. The summed E-state index contributed by atoms with van der Waals surface area (Å²) in [4.78, 5) is 61.9. The van der Waals surface area contributed by atoms with Gasteiger partial charge in [0.05, 0.1) is 41.9 Å². The van der Waals surface area contributed by atoms with Gasteiger partial charge in [0.1, 0.15) is 28.7 Å². The van der Waals surface area contributed by atoms with E-state index < -0.39 is 23.9 Å². The summed E-state index contributed by atoms with van der Waals surface area (Å²) in [5, 5.41) is 0. The number of carbonyl (C=O) groups is 5. The minimum absolute atomic E-state index is 0.185. The summed E-state index contributed by atoms with van der Waals surface area (Å²) in [5.74, 6) is -1.09. The van der Waals surface area contributed by atoms with Gasteiger partial charge in [0.2, 0.25) is 0 Å². The topological polar surface area (TPSA) is 141 Å². The lowest BCUT2D eigenvalue weighted by molar-refractivity contribution is -0.142. The van der Waals surface area contributed by atoms with Crippen molar-refractivity contribution in [3.05, 3.63) is 162 Å². The van der Waals surface area contributed by atoms with Gasteiger partial charge in [-0.05, 0) is 128 Å². The zero-order valence-electron chi connectivity index (χ0n) is 29.4. The van der Waals surface area contributed by atoms with Crippen molar-refractivity contribution in [2.75, 3.05) is 13.2 Å². The molecule has 0 aliphatic carbocycles. The number of carbonyl (C=O) groups excluding carboxylic acids is 5. The van der Waals surface area contributed by atoms with Crippen molar-refractivity contribution in [1.29, 1.82) is 0 Å². The molecule has 0 N–H and O–H groups in total. The van der Waals surface area contributed by atoms with Crippen molar-refractivity contribution in [1.82, 2.24) is 0 Å². The van der Waals surface area contributed by atoms with Gasteiger partial charge in [-0.3, -0.25) is 4.79 Å². The van der Waals surface area contributed by atoms with Gasteiger partial charge in [-0.2, -0.15) is 0 Å². The lowest BCUT2D eigenvalue weighted by Crippen LogP contribution is -2.11. The minimum atomic E-state index is -0.641. The standard InChI is InChI=1S/C43H36O11/c1-3-9-39(44)50-27-8-7-26-49-34-18-12-31(13-19-34)41(46)52-36-22-16-33(17-23-36)43(48)54-38-25-24-37(28-29(38)2)53-42(47)32-14-20-35(21-15-32)51-40(45)30-10-5-4-6-11-30/h3-6,10-25,28H,1,7-9,26-27H2,2H3. The Kier molecular flexibility index (Phi) is 13.5.